The first-order chi connectivity index (χ1) is 15.4. The molecule has 0 saturated carbocycles. The second-order valence-corrected chi connectivity index (χ2v) is 11.2. The summed E-state index contributed by atoms with van der Waals surface area (Å²) in [5.41, 5.74) is 2.42. The van der Waals surface area contributed by atoms with Crippen molar-refractivity contribution in [3.63, 3.8) is 0 Å². The normalized spacial score (nSPS) is 15.7. The first-order valence-electron chi connectivity index (χ1n) is 10.5. The molecule has 1 aliphatic rings. The molecule has 32 heavy (non-hydrogen) atoms. The lowest BCUT2D eigenvalue weighted by atomic mass is 9.85. The Morgan fingerprint density at radius 1 is 1.09 bits per heavy atom. The summed E-state index contributed by atoms with van der Waals surface area (Å²) in [6, 6.07) is 15.7. The van der Waals surface area contributed by atoms with E-state index in [-0.39, 0.29) is 34.7 Å². The molecule has 0 bridgehead atoms. The third-order valence-corrected chi connectivity index (χ3v) is 8.43. The van der Waals surface area contributed by atoms with Crippen LogP contribution < -0.4 is 5.32 Å². The van der Waals surface area contributed by atoms with Crippen LogP contribution in [0.25, 0.3) is 0 Å². The van der Waals surface area contributed by atoms with Crippen LogP contribution in [0.1, 0.15) is 39.8 Å². The zero-order valence-electron chi connectivity index (χ0n) is 17.7. The summed E-state index contributed by atoms with van der Waals surface area (Å²) in [4.78, 5) is 31.1. The molecule has 3 aromatic rings. The molecule has 1 amide bonds. The number of thiazole rings is 1. The minimum Gasteiger partial charge on any atom is -0.302 e. The van der Waals surface area contributed by atoms with Crippen LogP contribution in [0.5, 0.6) is 0 Å². The molecule has 0 fully saturated rings. The summed E-state index contributed by atoms with van der Waals surface area (Å²) in [6.07, 6.45) is 2.25. The number of hydrogen-bond acceptors (Lipinski definition) is 6. The monoisotopic (exact) mass is 468 g/mol. The number of hydrogen-bond donors (Lipinski definition) is 1. The van der Waals surface area contributed by atoms with Gasteiger partial charge >= 0.3 is 0 Å². The SMILES string of the molecule is CCS(=O)(=O)c1ccc(CC(=O)Nc2nc3c(s2)CC(C(=O)c2ccccc2)CC3)cc1. The maximum absolute atomic E-state index is 12.8. The van der Waals surface area contributed by atoms with Crippen LogP contribution >= 0.6 is 11.3 Å². The van der Waals surface area contributed by atoms with Gasteiger partial charge in [0.2, 0.25) is 5.91 Å². The number of ketones is 1. The standard InChI is InChI=1S/C24H24N2O4S2/c1-2-32(29,30)19-11-8-16(9-12-19)14-22(27)26-24-25-20-13-10-18(15-21(20)31-24)23(28)17-6-4-3-5-7-17/h3-9,11-12,18H,2,10,13-15H2,1H3,(H,25,26,27). The zero-order valence-corrected chi connectivity index (χ0v) is 19.3. The fourth-order valence-electron chi connectivity index (χ4n) is 3.82. The second-order valence-electron chi connectivity index (χ2n) is 7.83. The number of carbonyl (C=O) groups excluding carboxylic acids is 2. The van der Waals surface area contributed by atoms with Gasteiger partial charge in [0.25, 0.3) is 0 Å². The number of Topliss-reactive ketones (excluding diaryl/α,β-unsaturated/α-hetero) is 1. The molecule has 1 N–H and O–H groups in total. The number of aromatic nitrogens is 1. The molecule has 1 aliphatic carbocycles. The Kier molecular flexibility index (Phi) is 6.53. The molecule has 2 aromatic carbocycles. The molecule has 0 radical (unpaired) electrons. The second kappa shape index (κ2) is 9.34. The van der Waals surface area contributed by atoms with E-state index in [1.165, 1.54) is 23.5 Å². The first kappa shape index (κ1) is 22.4. The molecule has 1 heterocycles. The molecular formula is C24H24N2O4S2. The maximum atomic E-state index is 12.8. The molecule has 0 saturated heterocycles. The smallest absolute Gasteiger partial charge is 0.230 e. The summed E-state index contributed by atoms with van der Waals surface area (Å²) in [7, 11) is -3.26. The molecule has 0 aliphatic heterocycles. The van der Waals surface area contributed by atoms with Crippen molar-refractivity contribution in [2.75, 3.05) is 11.1 Å². The lowest BCUT2D eigenvalue weighted by molar-refractivity contribution is -0.115. The lowest BCUT2D eigenvalue weighted by Crippen LogP contribution is -2.22. The van der Waals surface area contributed by atoms with E-state index in [0.717, 1.165) is 34.5 Å². The Hall–Kier alpha value is -2.84. The van der Waals surface area contributed by atoms with Crippen molar-refractivity contribution in [3.05, 3.63) is 76.3 Å². The Labute approximate surface area is 191 Å². The lowest BCUT2D eigenvalue weighted by Gasteiger charge is -2.19. The summed E-state index contributed by atoms with van der Waals surface area (Å²) >= 11 is 1.42. The van der Waals surface area contributed by atoms with Crippen molar-refractivity contribution in [1.82, 2.24) is 4.98 Å². The van der Waals surface area contributed by atoms with Gasteiger partial charge in [0.15, 0.2) is 20.8 Å². The van der Waals surface area contributed by atoms with E-state index in [2.05, 4.69) is 10.3 Å². The first-order valence-corrected chi connectivity index (χ1v) is 13.0. The Morgan fingerprint density at radius 3 is 2.50 bits per heavy atom. The van der Waals surface area contributed by atoms with Gasteiger partial charge in [0, 0.05) is 16.4 Å². The number of sulfone groups is 1. The average Bonchev–Trinajstić information content (AvgIpc) is 3.20. The van der Waals surface area contributed by atoms with Gasteiger partial charge in [0.1, 0.15) is 0 Å². The third kappa shape index (κ3) is 4.97. The van der Waals surface area contributed by atoms with E-state index < -0.39 is 9.84 Å². The highest BCUT2D eigenvalue weighted by molar-refractivity contribution is 7.91. The van der Waals surface area contributed by atoms with Crippen LogP contribution in [-0.4, -0.2) is 30.8 Å². The van der Waals surface area contributed by atoms with E-state index in [4.69, 9.17) is 0 Å². The molecule has 0 spiro atoms. The summed E-state index contributed by atoms with van der Waals surface area (Å²) in [5, 5.41) is 3.38. The molecule has 6 nitrogen and oxygen atoms in total. The van der Waals surface area contributed by atoms with Crippen LogP contribution in [-0.2, 0) is 33.9 Å². The number of amides is 1. The fourth-order valence-corrected chi connectivity index (χ4v) is 5.81. The molecule has 4 rings (SSSR count). The van der Waals surface area contributed by atoms with Gasteiger partial charge < -0.3 is 5.32 Å². The van der Waals surface area contributed by atoms with Crippen LogP contribution in [0.15, 0.2) is 59.5 Å². The molecule has 1 aromatic heterocycles. The quantitative estimate of drug-likeness (QED) is 0.527. The Morgan fingerprint density at radius 2 is 1.81 bits per heavy atom. The number of benzene rings is 2. The number of nitrogens with one attached hydrogen (secondary N) is 1. The number of rotatable bonds is 7. The Balaban J connectivity index is 1.38. The molecule has 1 unspecified atom stereocenters. The highest BCUT2D eigenvalue weighted by Gasteiger charge is 2.28. The number of carbonyl (C=O) groups is 2. The number of nitrogens with zero attached hydrogens (tertiary/aromatic N) is 1. The predicted molar refractivity (Wildman–Crippen MR) is 125 cm³/mol. The van der Waals surface area contributed by atoms with Crippen molar-refractivity contribution < 1.29 is 18.0 Å². The van der Waals surface area contributed by atoms with Crippen molar-refractivity contribution in [2.45, 2.75) is 37.5 Å². The number of aryl methyl sites for hydroxylation is 1. The summed E-state index contributed by atoms with van der Waals surface area (Å²) < 4.78 is 23.8. The van der Waals surface area contributed by atoms with Gasteiger partial charge in [-0.25, -0.2) is 13.4 Å². The van der Waals surface area contributed by atoms with Crippen LogP contribution in [0, 0.1) is 5.92 Å². The van der Waals surface area contributed by atoms with E-state index in [1.54, 1.807) is 19.1 Å². The van der Waals surface area contributed by atoms with Crippen LogP contribution in [0.2, 0.25) is 0 Å². The van der Waals surface area contributed by atoms with Gasteiger partial charge in [-0.1, -0.05) is 49.4 Å². The van der Waals surface area contributed by atoms with Crippen molar-refractivity contribution in [2.24, 2.45) is 5.92 Å². The summed E-state index contributed by atoms with van der Waals surface area (Å²) in [5.74, 6) is -0.0750. The van der Waals surface area contributed by atoms with Crippen molar-refractivity contribution >= 4 is 38.0 Å². The van der Waals surface area contributed by atoms with E-state index in [9.17, 15) is 18.0 Å². The van der Waals surface area contributed by atoms with E-state index in [0.29, 0.717) is 11.6 Å². The highest BCUT2D eigenvalue weighted by Crippen LogP contribution is 2.33. The largest absolute Gasteiger partial charge is 0.302 e. The van der Waals surface area contributed by atoms with Crippen molar-refractivity contribution in [3.8, 4) is 0 Å². The predicted octanol–water partition coefficient (Wildman–Crippen LogP) is 4.11. The van der Waals surface area contributed by atoms with Gasteiger partial charge in [-0.3, -0.25) is 9.59 Å². The van der Waals surface area contributed by atoms with E-state index in [1.807, 2.05) is 30.3 Å². The Bertz CT molecular complexity index is 1230. The topological polar surface area (TPSA) is 93.2 Å². The van der Waals surface area contributed by atoms with Gasteiger partial charge in [-0.2, -0.15) is 0 Å². The highest BCUT2D eigenvalue weighted by atomic mass is 32.2. The minimum absolute atomic E-state index is 0.0410. The van der Waals surface area contributed by atoms with Crippen LogP contribution in [0.4, 0.5) is 5.13 Å². The zero-order chi connectivity index (χ0) is 22.7. The molecule has 8 heteroatoms. The van der Waals surface area contributed by atoms with Crippen LogP contribution in [0.3, 0.4) is 0 Å². The van der Waals surface area contributed by atoms with E-state index >= 15 is 0 Å². The maximum Gasteiger partial charge on any atom is 0.230 e. The van der Waals surface area contributed by atoms with Crippen molar-refractivity contribution in [1.29, 1.82) is 0 Å². The third-order valence-electron chi connectivity index (χ3n) is 5.64. The van der Waals surface area contributed by atoms with Gasteiger partial charge in [-0.05, 0) is 37.0 Å². The number of anilines is 1. The summed E-state index contributed by atoms with van der Waals surface area (Å²) in [6.45, 7) is 1.60. The van der Waals surface area contributed by atoms with Gasteiger partial charge in [-0.15, -0.1) is 11.3 Å². The fraction of sp³-hybridized carbons (Fsp3) is 0.292. The van der Waals surface area contributed by atoms with Gasteiger partial charge in [0.05, 0.1) is 22.8 Å². The molecule has 1 atom stereocenters. The molecular weight excluding hydrogens is 444 g/mol. The number of fused-ring (bicyclic) bond motifs is 1. The average molecular weight is 469 g/mol. The minimum atomic E-state index is -3.26. The molecule has 166 valence electrons.